The normalized spacial score (nSPS) is 10.7. The topological polar surface area (TPSA) is 4.93 Å². The predicted octanol–water partition coefficient (Wildman–Crippen LogP) is 12.6. The summed E-state index contributed by atoms with van der Waals surface area (Å²) < 4.78 is 2.28. The molecule has 0 unspecified atom stereocenters. The zero-order valence-electron chi connectivity index (χ0n) is 25.6. The van der Waals surface area contributed by atoms with E-state index < -0.39 is 20.8 Å². The van der Waals surface area contributed by atoms with Crippen LogP contribution >= 0.6 is 17.0 Å². The number of hydrogen-bond donors (Lipinski definition) is 0. The molecule has 8 aromatic rings. The molecule has 1 nitrogen and oxygen atoms in total. The molecule has 8 rings (SSSR count). The van der Waals surface area contributed by atoms with Gasteiger partial charge >= 0.3 is 37.9 Å². The van der Waals surface area contributed by atoms with Crippen molar-refractivity contribution >= 4 is 49.6 Å². The van der Waals surface area contributed by atoms with Crippen LogP contribution in [0, 0.1) is 13.8 Å². The van der Waals surface area contributed by atoms with E-state index in [2.05, 4.69) is 171 Å². The van der Waals surface area contributed by atoms with Gasteiger partial charge in [0.2, 0.25) is 0 Å². The van der Waals surface area contributed by atoms with Crippen LogP contribution < -0.4 is 0 Å². The maximum absolute atomic E-state index is 4.93. The van der Waals surface area contributed by atoms with Gasteiger partial charge in [-0.15, -0.1) is 29.0 Å². The second-order valence-electron chi connectivity index (χ2n) is 11.2. The third-order valence-electron chi connectivity index (χ3n) is 8.50. The molecule has 7 aromatic carbocycles. The van der Waals surface area contributed by atoms with E-state index in [4.69, 9.17) is 17.0 Å². The molecule has 0 radical (unpaired) electrons. The summed E-state index contributed by atoms with van der Waals surface area (Å²) in [4.78, 5) is 0. The number of para-hydroxylation sites is 1. The summed E-state index contributed by atoms with van der Waals surface area (Å²) in [7, 11) is 12.0. The first-order chi connectivity index (χ1) is 22.0. The number of fused-ring (bicyclic) bond motifs is 4. The van der Waals surface area contributed by atoms with Crippen LogP contribution in [-0.2, 0) is 27.9 Å². The summed E-state index contributed by atoms with van der Waals surface area (Å²) in [5.74, 6) is 0. The van der Waals surface area contributed by atoms with Crippen molar-refractivity contribution in [3.05, 3.63) is 157 Å². The van der Waals surface area contributed by atoms with Crippen LogP contribution in [0.15, 0.2) is 146 Å². The SMILES string of the molecule is Cc1[cH-]c(C)c(-c2ccccc2)c1-c1ccccc1.Cn1c2ccccc2c2cc(-c3cccc4[cH-]ccc34)ccc21.[Cl][Zr+2][Cl]. The van der Waals surface area contributed by atoms with E-state index in [9.17, 15) is 0 Å². The summed E-state index contributed by atoms with van der Waals surface area (Å²) >= 11 is -0.826. The van der Waals surface area contributed by atoms with Gasteiger partial charge in [-0.25, -0.2) is 0 Å². The van der Waals surface area contributed by atoms with Gasteiger partial charge in [0.15, 0.2) is 0 Å². The van der Waals surface area contributed by atoms with Gasteiger partial charge in [0.1, 0.15) is 0 Å². The second-order valence-corrected chi connectivity index (χ2v) is 14.9. The van der Waals surface area contributed by atoms with Gasteiger partial charge in [0, 0.05) is 28.9 Å². The Hall–Kier alpha value is -3.68. The van der Waals surface area contributed by atoms with Crippen molar-refractivity contribution in [1.29, 1.82) is 0 Å². The first-order valence-electron chi connectivity index (χ1n) is 15.0. The molecule has 0 aliphatic heterocycles. The van der Waals surface area contributed by atoms with E-state index in [1.807, 2.05) is 0 Å². The van der Waals surface area contributed by atoms with Crippen LogP contribution in [0.2, 0.25) is 0 Å². The van der Waals surface area contributed by atoms with Crippen LogP contribution in [0.1, 0.15) is 11.1 Å². The van der Waals surface area contributed by atoms with E-state index in [0.29, 0.717) is 0 Å². The fourth-order valence-corrected chi connectivity index (χ4v) is 6.57. The molecule has 0 spiro atoms. The van der Waals surface area contributed by atoms with Gasteiger partial charge in [0.25, 0.3) is 0 Å². The Balaban J connectivity index is 0.000000149. The summed E-state index contributed by atoms with van der Waals surface area (Å²) in [6.45, 7) is 4.39. The minimum absolute atomic E-state index is 0.826. The first-order valence-corrected chi connectivity index (χ1v) is 21.3. The van der Waals surface area contributed by atoms with E-state index in [0.717, 1.165) is 0 Å². The molecular weight excluding hydrogens is 669 g/mol. The molecule has 0 saturated heterocycles. The molecule has 0 N–H and O–H groups in total. The zero-order valence-corrected chi connectivity index (χ0v) is 29.5. The molecule has 220 valence electrons. The second kappa shape index (κ2) is 14.2. The maximum atomic E-state index is 4.93. The summed E-state index contributed by atoms with van der Waals surface area (Å²) in [6.07, 6.45) is 0. The molecule has 0 atom stereocenters. The predicted molar refractivity (Wildman–Crippen MR) is 193 cm³/mol. The number of aryl methyl sites for hydroxylation is 3. The zero-order chi connectivity index (χ0) is 31.3. The standard InChI is InChI=1S/C22H16N.C19H17.2ClH.Zr/c1-23-21-11-3-2-8-19(21)20-14-16(12-13-22(20)23)18-10-5-7-15-6-4-9-17(15)18;1-14-13-15(2)19(17-11-7-4-8-12-17)18(14)16-9-5-3-6-10-16;;;/h2-14H,1H3;3-13H,1-2H3;2*1H;/q2*-1;;;+4/p-2. The average Bonchev–Trinajstić information content (AvgIpc) is 3.76. The van der Waals surface area contributed by atoms with Crippen molar-refractivity contribution in [2.24, 2.45) is 7.05 Å². The minimum atomic E-state index is -0.826. The molecule has 0 bridgehead atoms. The number of nitrogens with zero attached hydrogens (tertiary/aromatic N) is 1. The third-order valence-corrected chi connectivity index (χ3v) is 8.50. The Kier molecular flexibility index (Phi) is 9.86. The Morgan fingerprint density at radius 1 is 0.556 bits per heavy atom. The van der Waals surface area contributed by atoms with Gasteiger partial charge in [-0.1, -0.05) is 122 Å². The van der Waals surface area contributed by atoms with Gasteiger partial charge in [-0.05, 0) is 23.8 Å². The number of halogens is 2. The molecule has 0 amide bonds. The van der Waals surface area contributed by atoms with Crippen molar-refractivity contribution in [3.8, 4) is 33.4 Å². The van der Waals surface area contributed by atoms with Crippen molar-refractivity contribution in [1.82, 2.24) is 4.57 Å². The fourth-order valence-electron chi connectivity index (χ4n) is 6.57. The fraction of sp³-hybridized carbons (Fsp3) is 0.0732. The Morgan fingerprint density at radius 2 is 1.13 bits per heavy atom. The Bertz CT molecular complexity index is 2130. The molecule has 0 aliphatic carbocycles. The van der Waals surface area contributed by atoms with Crippen molar-refractivity contribution in [2.75, 3.05) is 0 Å². The first kappa shape index (κ1) is 31.3. The van der Waals surface area contributed by atoms with Crippen LogP contribution in [0.4, 0.5) is 0 Å². The van der Waals surface area contributed by atoms with E-state index in [-0.39, 0.29) is 0 Å². The molecule has 0 aliphatic rings. The Morgan fingerprint density at radius 3 is 1.78 bits per heavy atom. The number of rotatable bonds is 3. The van der Waals surface area contributed by atoms with E-state index in [1.165, 1.54) is 77.1 Å². The van der Waals surface area contributed by atoms with Crippen molar-refractivity contribution < 1.29 is 20.8 Å². The number of hydrogen-bond acceptors (Lipinski definition) is 0. The van der Waals surface area contributed by atoms with E-state index in [1.54, 1.807) is 0 Å². The van der Waals surface area contributed by atoms with Crippen LogP contribution in [0.3, 0.4) is 0 Å². The van der Waals surface area contributed by atoms with Crippen LogP contribution in [0.25, 0.3) is 66.0 Å². The summed E-state index contributed by atoms with van der Waals surface area (Å²) in [6, 6.07) is 52.1. The molecule has 4 heteroatoms. The monoisotopic (exact) mass is 699 g/mol. The molecule has 1 heterocycles. The average molecular weight is 702 g/mol. The molecular formula is C41H33Cl2NZr. The molecule has 45 heavy (non-hydrogen) atoms. The summed E-state index contributed by atoms with van der Waals surface area (Å²) in [5.41, 5.74) is 13.2. The van der Waals surface area contributed by atoms with E-state index >= 15 is 0 Å². The molecule has 1 aromatic heterocycles. The third kappa shape index (κ3) is 6.38. The van der Waals surface area contributed by atoms with Crippen LogP contribution in [0.5, 0.6) is 0 Å². The summed E-state index contributed by atoms with van der Waals surface area (Å²) in [5, 5.41) is 5.28. The van der Waals surface area contributed by atoms with Gasteiger partial charge in [0.05, 0.1) is 0 Å². The molecule has 0 fully saturated rings. The van der Waals surface area contributed by atoms with Crippen molar-refractivity contribution in [3.63, 3.8) is 0 Å². The quantitative estimate of drug-likeness (QED) is 0.162. The Labute approximate surface area is 284 Å². The number of benzene rings is 5. The van der Waals surface area contributed by atoms with Gasteiger partial charge < -0.3 is 4.57 Å². The van der Waals surface area contributed by atoms with Crippen LogP contribution in [-0.4, -0.2) is 4.57 Å². The molecule has 0 saturated carbocycles. The van der Waals surface area contributed by atoms with Gasteiger partial charge in [-0.2, -0.15) is 40.5 Å². The van der Waals surface area contributed by atoms with Gasteiger partial charge in [-0.3, -0.25) is 0 Å². The van der Waals surface area contributed by atoms with Crippen molar-refractivity contribution in [2.45, 2.75) is 13.8 Å². The number of aromatic nitrogens is 1.